The van der Waals surface area contributed by atoms with E-state index in [-0.39, 0.29) is 53.1 Å². The van der Waals surface area contributed by atoms with Crippen molar-refractivity contribution in [2.75, 3.05) is 6.26 Å². The van der Waals surface area contributed by atoms with Crippen molar-refractivity contribution in [1.82, 2.24) is 9.71 Å². The first kappa shape index (κ1) is 29.1. The lowest BCUT2D eigenvalue weighted by Gasteiger charge is -2.46. The predicted molar refractivity (Wildman–Crippen MR) is 125 cm³/mol. The van der Waals surface area contributed by atoms with E-state index >= 15 is 0 Å². The zero-order valence-corrected chi connectivity index (χ0v) is 21.3. The summed E-state index contributed by atoms with van der Waals surface area (Å²) in [6, 6.07) is 5.03. The fourth-order valence-electron chi connectivity index (χ4n) is 4.84. The molecule has 4 rings (SSSR count). The van der Waals surface area contributed by atoms with Crippen molar-refractivity contribution in [1.29, 1.82) is 0 Å². The monoisotopic (exact) mass is 588 g/mol. The molecule has 0 atom stereocenters. The van der Waals surface area contributed by atoms with Crippen molar-refractivity contribution < 1.29 is 53.8 Å². The van der Waals surface area contributed by atoms with Crippen LogP contribution in [0.1, 0.15) is 31.4 Å². The van der Waals surface area contributed by atoms with Crippen molar-refractivity contribution in [3.63, 3.8) is 0 Å². The van der Waals surface area contributed by atoms with Crippen LogP contribution in [0.15, 0.2) is 41.4 Å². The number of pyridine rings is 1. The number of hydrogen-bond acceptors (Lipinski definition) is 4. The van der Waals surface area contributed by atoms with Crippen LogP contribution in [0.4, 0.5) is 35.1 Å². The Labute approximate surface area is 217 Å². The predicted octanol–water partition coefficient (Wildman–Crippen LogP) is 6.93. The van der Waals surface area contributed by atoms with Gasteiger partial charge < -0.3 is 9.94 Å². The number of aromatic nitrogens is 2. The summed E-state index contributed by atoms with van der Waals surface area (Å²) in [5.41, 5.74) is 0.291. The van der Waals surface area contributed by atoms with Gasteiger partial charge in [-0.05, 0) is 55.7 Å². The van der Waals surface area contributed by atoms with E-state index in [2.05, 4.69) is 4.98 Å². The van der Waals surface area contributed by atoms with E-state index in [4.69, 9.17) is 4.74 Å². The molecule has 2 N–H and O–H groups in total. The molecule has 0 spiro atoms. The van der Waals surface area contributed by atoms with Crippen molar-refractivity contribution in [3.8, 4) is 28.3 Å². The maximum absolute atomic E-state index is 13.6. The third-order valence-corrected chi connectivity index (χ3v) is 9.82. The van der Waals surface area contributed by atoms with E-state index in [1.807, 2.05) is 0 Å². The summed E-state index contributed by atoms with van der Waals surface area (Å²) in [4.78, 5) is 2.83. The smallest absolute Gasteiger partial charge is 0.417 e. The van der Waals surface area contributed by atoms with Crippen LogP contribution in [-0.2, 0) is 9.35 Å². The van der Waals surface area contributed by atoms with Gasteiger partial charge >= 0.3 is 12.4 Å². The highest BCUT2D eigenvalue weighted by molar-refractivity contribution is 8.15. The van der Waals surface area contributed by atoms with Gasteiger partial charge in [-0.3, -0.25) is 4.55 Å². The molecular weight excluding hydrogens is 564 g/mol. The van der Waals surface area contributed by atoms with Gasteiger partial charge in [0, 0.05) is 36.4 Å². The van der Waals surface area contributed by atoms with Crippen molar-refractivity contribution in [2.24, 2.45) is 0 Å². The fourth-order valence-corrected chi connectivity index (χ4v) is 7.17. The first-order valence-electron chi connectivity index (χ1n) is 11.6. The number of alkyl halides is 8. The molecule has 39 heavy (non-hydrogen) atoms. The molecule has 0 aromatic heterocycles. The third-order valence-electron chi connectivity index (χ3n) is 6.78. The van der Waals surface area contributed by atoms with Crippen LogP contribution in [-0.4, -0.2) is 59.6 Å². The molecule has 1 fully saturated rings. The number of ether oxygens (including phenoxy) is 1. The maximum Gasteiger partial charge on any atom is 0.417 e. The van der Waals surface area contributed by atoms with E-state index in [0.29, 0.717) is 16.9 Å². The van der Waals surface area contributed by atoms with Crippen LogP contribution in [0.5, 0.6) is 5.75 Å². The standard InChI is InChI=1S/C24H24F8N2O4S/c1-13-11-17(16-7-10-33-20(16)34(13)35)18-12-15(39(2,36,37)21(23(27,28)29)24(30,31)32)3-4-19(18)38-14-5-8-22(25,26)9-6-14/h3-4,7,10-12,14,21,35H,5-6,8-9H2,1-2H3,(H,36,37). The number of fused-ring (bicyclic) bond motifs is 1. The van der Waals surface area contributed by atoms with Gasteiger partial charge in [0.05, 0.1) is 16.7 Å². The zero-order chi connectivity index (χ0) is 29.2. The second-order valence-corrected chi connectivity index (χ2v) is 13.5. The second kappa shape index (κ2) is 9.04. The van der Waals surface area contributed by atoms with E-state index in [9.17, 15) is 49.1 Å². The molecule has 0 amide bonds. The Morgan fingerprint density at radius 1 is 1.03 bits per heavy atom. The van der Waals surface area contributed by atoms with E-state index < -0.39 is 56.7 Å². The van der Waals surface area contributed by atoms with E-state index in [0.717, 1.165) is 6.07 Å². The number of halogens is 8. The molecule has 0 bridgehead atoms. The topological polar surface area (TPSA) is 84.6 Å². The third kappa shape index (κ3) is 5.42. The molecule has 2 heterocycles. The van der Waals surface area contributed by atoms with Gasteiger partial charge in [-0.2, -0.15) is 31.1 Å². The molecule has 3 aliphatic rings. The van der Waals surface area contributed by atoms with Crippen molar-refractivity contribution in [3.05, 3.63) is 42.2 Å². The summed E-state index contributed by atoms with van der Waals surface area (Å²) in [5, 5.41) is 5.69. The molecule has 1 saturated carbocycles. The number of benzene rings is 1. The Hall–Kier alpha value is -2.94. The molecule has 1 aromatic rings. The highest BCUT2D eigenvalue weighted by atomic mass is 32.3. The lowest BCUT2D eigenvalue weighted by atomic mass is 9.94. The van der Waals surface area contributed by atoms with E-state index in [1.54, 1.807) is 0 Å². The lowest BCUT2D eigenvalue weighted by Crippen LogP contribution is -2.59. The molecule has 6 nitrogen and oxygen atoms in total. The number of rotatable bonds is 5. The summed E-state index contributed by atoms with van der Waals surface area (Å²) in [7, 11) is -6.73. The number of nitrogens with zero attached hydrogens (tertiary/aromatic N) is 2. The highest BCUT2D eigenvalue weighted by Crippen LogP contribution is 2.52. The molecule has 0 radical (unpaired) electrons. The molecule has 1 aliphatic carbocycles. The highest BCUT2D eigenvalue weighted by Gasteiger charge is 2.66. The number of hydrogen-bond donors (Lipinski definition) is 2. The largest absolute Gasteiger partial charge is 0.490 e. The molecule has 15 heteroatoms. The minimum atomic E-state index is -6.73. The zero-order valence-electron chi connectivity index (χ0n) is 20.5. The quantitative estimate of drug-likeness (QED) is 0.250. The SMILES string of the molecule is Cc1cc(-c2cc(S(C)(=O)(O)C(C(F)(F)F)C(F)(F)F)ccc2OC2CCC(F)(F)CC2)c2ccnc-2n1O. The Kier molecular flexibility index (Phi) is 6.74. The van der Waals surface area contributed by atoms with Crippen molar-refractivity contribution in [2.45, 2.75) is 67.1 Å². The number of aryl methyl sites for hydroxylation is 1. The van der Waals surface area contributed by atoms with Gasteiger partial charge in [0.1, 0.15) is 5.75 Å². The summed E-state index contributed by atoms with van der Waals surface area (Å²) >= 11 is 0. The molecule has 0 unspecified atom stereocenters. The van der Waals surface area contributed by atoms with Gasteiger partial charge in [-0.1, -0.05) is 0 Å². The Balaban J connectivity index is 1.93. The summed E-state index contributed by atoms with van der Waals surface area (Å²) in [6.07, 6.45) is -12.9. The average molecular weight is 589 g/mol. The molecular formula is C24H24F8N2O4S. The normalized spacial score (nSPS) is 18.3. The van der Waals surface area contributed by atoms with Crippen LogP contribution in [0.25, 0.3) is 22.5 Å². The Bertz CT molecular complexity index is 1400. The van der Waals surface area contributed by atoms with Crippen molar-refractivity contribution >= 4 is 9.35 Å². The van der Waals surface area contributed by atoms with Gasteiger partial charge in [-0.25, -0.2) is 18.0 Å². The van der Waals surface area contributed by atoms with Gasteiger partial charge in [0.2, 0.25) is 11.2 Å². The summed E-state index contributed by atoms with van der Waals surface area (Å²) < 4.78 is 140. The van der Waals surface area contributed by atoms with E-state index in [1.165, 1.54) is 25.3 Å². The van der Waals surface area contributed by atoms with Crippen LogP contribution in [0, 0.1) is 6.92 Å². The Morgan fingerprint density at radius 3 is 2.18 bits per heavy atom. The lowest BCUT2D eigenvalue weighted by molar-refractivity contribution is -0.228. The maximum atomic E-state index is 13.6. The summed E-state index contributed by atoms with van der Waals surface area (Å²) in [6.45, 7) is 1.44. The van der Waals surface area contributed by atoms with Gasteiger partial charge in [0.15, 0.2) is 5.82 Å². The van der Waals surface area contributed by atoms with Crippen LogP contribution >= 0.6 is 0 Å². The average Bonchev–Trinajstić information content (AvgIpc) is 3.25. The van der Waals surface area contributed by atoms with Crippen LogP contribution < -0.4 is 4.74 Å². The van der Waals surface area contributed by atoms with Crippen LogP contribution in [0.3, 0.4) is 0 Å². The van der Waals surface area contributed by atoms with Crippen LogP contribution in [0.2, 0.25) is 0 Å². The fraction of sp³-hybridized carbons (Fsp3) is 0.458. The van der Waals surface area contributed by atoms with Gasteiger partial charge in [-0.15, -0.1) is 9.35 Å². The second-order valence-electron chi connectivity index (χ2n) is 9.85. The van der Waals surface area contributed by atoms with Gasteiger partial charge in [0.25, 0.3) is 0 Å². The minimum Gasteiger partial charge on any atom is -0.490 e. The molecule has 1 aromatic carbocycles. The summed E-state index contributed by atoms with van der Waals surface area (Å²) in [5.74, 6) is -3.03. The Morgan fingerprint density at radius 2 is 1.62 bits per heavy atom. The first-order valence-corrected chi connectivity index (χ1v) is 14.0. The molecule has 2 aliphatic heterocycles. The minimum absolute atomic E-state index is 0.00327. The molecule has 0 saturated heterocycles. The first-order chi connectivity index (χ1) is 17.7. The molecule has 216 valence electrons.